The van der Waals surface area contributed by atoms with Crippen molar-refractivity contribution >= 4 is 10.8 Å². The molecule has 0 saturated carbocycles. The normalized spacial score (nSPS) is 18.3. The van der Waals surface area contributed by atoms with Gasteiger partial charge in [0.2, 0.25) is 0 Å². The molecule has 1 aromatic heterocycles. The molecule has 0 amide bonds. The lowest BCUT2D eigenvalue weighted by atomic mass is 10.00. The number of hydrogen-bond donors (Lipinski definition) is 1. The Morgan fingerprint density at radius 1 is 1.22 bits per heavy atom. The highest BCUT2D eigenvalue weighted by atomic mass is 16.7. The van der Waals surface area contributed by atoms with Gasteiger partial charge in [0.25, 0.3) is 0 Å². The van der Waals surface area contributed by atoms with E-state index in [0.29, 0.717) is 19.6 Å². The number of nitrogens with two attached hydrogens (primary N) is 1. The van der Waals surface area contributed by atoms with Gasteiger partial charge >= 0.3 is 0 Å². The lowest BCUT2D eigenvalue weighted by molar-refractivity contribution is -0.0507. The van der Waals surface area contributed by atoms with E-state index < -0.39 is 0 Å². The minimum atomic E-state index is -0.182. The van der Waals surface area contributed by atoms with Gasteiger partial charge in [-0.25, -0.2) is 0 Å². The summed E-state index contributed by atoms with van der Waals surface area (Å²) in [6, 6.07) is 8.01. The predicted octanol–water partition coefficient (Wildman–Crippen LogP) is 2.00. The SMILES string of the molecule is NC(CC1OCCO1)c1cncc2ccccc12. The van der Waals surface area contributed by atoms with Gasteiger partial charge in [-0.1, -0.05) is 24.3 Å². The molecular formula is C14H16N2O2. The molecule has 1 saturated heterocycles. The molecule has 2 aromatic rings. The Kier molecular flexibility index (Phi) is 3.23. The molecule has 0 aliphatic carbocycles. The van der Waals surface area contributed by atoms with Gasteiger partial charge in [-0.05, 0) is 10.9 Å². The number of rotatable bonds is 3. The van der Waals surface area contributed by atoms with Gasteiger partial charge in [-0.2, -0.15) is 0 Å². The van der Waals surface area contributed by atoms with E-state index in [-0.39, 0.29) is 12.3 Å². The largest absolute Gasteiger partial charge is 0.350 e. The van der Waals surface area contributed by atoms with Crippen LogP contribution in [0.4, 0.5) is 0 Å². The number of aromatic nitrogens is 1. The van der Waals surface area contributed by atoms with E-state index in [1.54, 1.807) is 0 Å². The molecule has 0 spiro atoms. The van der Waals surface area contributed by atoms with Crippen LogP contribution in [-0.4, -0.2) is 24.5 Å². The standard InChI is InChI=1S/C14H16N2O2/c15-13(7-14-17-5-6-18-14)12-9-16-8-10-3-1-2-4-11(10)12/h1-4,8-9,13-14H,5-7,15H2. The maximum absolute atomic E-state index is 6.24. The highest BCUT2D eigenvalue weighted by molar-refractivity contribution is 5.85. The fourth-order valence-electron chi connectivity index (χ4n) is 2.31. The topological polar surface area (TPSA) is 57.4 Å². The summed E-state index contributed by atoms with van der Waals surface area (Å²) in [6.45, 7) is 1.32. The van der Waals surface area contributed by atoms with Crippen LogP contribution in [-0.2, 0) is 9.47 Å². The summed E-state index contributed by atoms with van der Waals surface area (Å²) >= 11 is 0. The lowest BCUT2D eigenvalue weighted by Gasteiger charge is -2.17. The second-order valence-electron chi connectivity index (χ2n) is 4.46. The van der Waals surface area contributed by atoms with Crippen molar-refractivity contribution in [3.05, 3.63) is 42.2 Å². The van der Waals surface area contributed by atoms with E-state index in [4.69, 9.17) is 15.2 Å². The van der Waals surface area contributed by atoms with Gasteiger partial charge in [-0.15, -0.1) is 0 Å². The maximum Gasteiger partial charge on any atom is 0.159 e. The molecule has 0 bridgehead atoms. The Morgan fingerprint density at radius 3 is 2.83 bits per heavy atom. The van der Waals surface area contributed by atoms with Crippen molar-refractivity contribution in [2.24, 2.45) is 5.73 Å². The monoisotopic (exact) mass is 244 g/mol. The zero-order valence-electron chi connectivity index (χ0n) is 10.1. The smallest absolute Gasteiger partial charge is 0.159 e. The first-order valence-electron chi connectivity index (χ1n) is 6.16. The van der Waals surface area contributed by atoms with Crippen molar-refractivity contribution in [2.45, 2.75) is 18.8 Å². The molecule has 4 nitrogen and oxygen atoms in total. The Morgan fingerprint density at radius 2 is 2.00 bits per heavy atom. The van der Waals surface area contributed by atoms with Crippen molar-refractivity contribution in [1.82, 2.24) is 4.98 Å². The third-order valence-corrected chi connectivity index (χ3v) is 3.24. The van der Waals surface area contributed by atoms with E-state index in [0.717, 1.165) is 16.3 Å². The van der Waals surface area contributed by atoms with Crippen LogP contribution in [0.5, 0.6) is 0 Å². The highest BCUT2D eigenvalue weighted by Gasteiger charge is 2.21. The number of fused-ring (bicyclic) bond motifs is 1. The summed E-state index contributed by atoms with van der Waals surface area (Å²) < 4.78 is 10.9. The van der Waals surface area contributed by atoms with Gasteiger partial charge in [-0.3, -0.25) is 4.98 Å². The highest BCUT2D eigenvalue weighted by Crippen LogP contribution is 2.26. The van der Waals surface area contributed by atoms with Gasteiger partial charge < -0.3 is 15.2 Å². The van der Waals surface area contributed by atoms with Gasteiger partial charge in [0.05, 0.1) is 13.2 Å². The Labute approximate surface area is 106 Å². The van der Waals surface area contributed by atoms with Crippen molar-refractivity contribution in [3.63, 3.8) is 0 Å². The molecule has 1 fully saturated rings. The first-order chi connectivity index (χ1) is 8.84. The zero-order valence-corrected chi connectivity index (χ0v) is 10.1. The molecular weight excluding hydrogens is 228 g/mol. The Bertz CT molecular complexity index is 533. The second-order valence-corrected chi connectivity index (χ2v) is 4.46. The van der Waals surface area contributed by atoms with Crippen molar-refractivity contribution in [1.29, 1.82) is 0 Å². The maximum atomic E-state index is 6.24. The average Bonchev–Trinajstić information content (AvgIpc) is 2.91. The van der Waals surface area contributed by atoms with Crippen LogP contribution in [0.15, 0.2) is 36.7 Å². The number of hydrogen-bond acceptors (Lipinski definition) is 4. The molecule has 2 N–H and O–H groups in total. The van der Waals surface area contributed by atoms with Crippen molar-refractivity contribution in [2.75, 3.05) is 13.2 Å². The van der Waals surface area contributed by atoms with Crippen LogP contribution in [0.2, 0.25) is 0 Å². The molecule has 1 aliphatic heterocycles. The second kappa shape index (κ2) is 5.02. The molecule has 0 radical (unpaired) electrons. The fourth-order valence-corrected chi connectivity index (χ4v) is 2.31. The van der Waals surface area contributed by atoms with Crippen LogP contribution < -0.4 is 5.73 Å². The van der Waals surface area contributed by atoms with Crippen molar-refractivity contribution < 1.29 is 9.47 Å². The van der Waals surface area contributed by atoms with Gasteiger partial charge in [0.15, 0.2) is 6.29 Å². The van der Waals surface area contributed by atoms with E-state index >= 15 is 0 Å². The minimum absolute atomic E-state index is 0.119. The van der Waals surface area contributed by atoms with Crippen LogP contribution in [0.1, 0.15) is 18.0 Å². The first-order valence-corrected chi connectivity index (χ1v) is 6.16. The molecule has 1 aromatic carbocycles. The van der Waals surface area contributed by atoms with E-state index in [2.05, 4.69) is 11.1 Å². The minimum Gasteiger partial charge on any atom is -0.350 e. The molecule has 94 valence electrons. The molecule has 1 atom stereocenters. The summed E-state index contributed by atoms with van der Waals surface area (Å²) in [5, 5.41) is 2.26. The lowest BCUT2D eigenvalue weighted by Crippen LogP contribution is -2.19. The molecule has 18 heavy (non-hydrogen) atoms. The van der Waals surface area contributed by atoms with E-state index in [9.17, 15) is 0 Å². The first kappa shape index (κ1) is 11.6. The summed E-state index contributed by atoms with van der Waals surface area (Å²) in [6.07, 6.45) is 4.17. The number of benzene rings is 1. The van der Waals surface area contributed by atoms with E-state index in [1.807, 2.05) is 30.6 Å². The summed E-state index contributed by atoms with van der Waals surface area (Å²) in [4.78, 5) is 4.25. The quantitative estimate of drug-likeness (QED) is 0.897. The number of nitrogens with zero attached hydrogens (tertiary/aromatic N) is 1. The molecule has 4 heteroatoms. The molecule has 2 heterocycles. The third kappa shape index (κ3) is 2.22. The van der Waals surface area contributed by atoms with Crippen LogP contribution in [0.25, 0.3) is 10.8 Å². The average molecular weight is 244 g/mol. The Hall–Kier alpha value is -1.49. The number of pyridine rings is 1. The molecule has 1 unspecified atom stereocenters. The van der Waals surface area contributed by atoms with Crippen molar-refractivity contribution in [3.8, 4) is 0 Å². The molecule has 3 rings (SSSR count). The summed E-state index contributed by atoms with van der Waals surface area (Å²) in [5.74, 6) is 0. The summed E-state index contributed by atoms with van der Waals surface area (Å²) in [5.41, 5.74) is 7.29. The Balaban J connectivity index is 1.88. The van der Waals surface area contributed by atoms with Crippen LogP contribution in [0.3, 0.4) is 0 Å². The van der Waals surface area contributed by atoms with Crippen LogP contribution >= 0.6 is 0 Å². The van der Waals surface area contributed by atoms with E-state index in [1.165, 1.54) is 0 Å². The fraction of sp³-hybridized carbons (Fsp3) is 0.357. The predicted molar refractivity (Wildman–Crippen MR) is 69.0 cm³/mol. The van der Waals surface area contributed by atoms with Gasteiger partial charge in [0.1, 0.15) is 0 Å². The number of ether oxygens (including phenoxy) is 2. The molecule has 1 aliphatic rings. The van der Waals surface area contributed by atoms with Crippen LogP contribution in [0, 0.1) is 0 Å². The van der Waals surface area contributed by atoms with Gasteiger partial charge in [0, 0.05) is 30.2 Å². The zero-order chi connectivity index (χ0) is 12.4. The third-order valence-electron chi connectivity index (χ3n) is 3.24. The summed E-state index contributed by atoms with van der Waals surface area (Å²) in [7, 11) is 0.